The Kier molecular flexibility index (Phi) is 7.69. The third kappa shape index (κ3) is 5.51. The molecule has 3 aromatic carbocycles. The topological polar surface area (TPSA) is 95.4 Å². The van der Waals surface area contributed by atoms with Crippen molar-refractivity contribution in [1.29, 1.82) is 0 Å². The quantitative estimate of drug-likeness (QED) is 0.312. The zero-order chi connectivity index (χ0) is 24.1. The molecule has 0 saturated carbocycles. The van der Waals surface area contributed by atoms with E-state index in [0.29, 0.717) is 23.7 Å². The summed E-state index contributed by atoms with van der Waals surface area (Å²) in [4.78, 5) is 13.1. The molecular formula is C24H21ClN4O3S2. The van der Waals surface area contributed by atoms with E-state index in [9.17, 15) is 13.6 Å². The largest absolute Gasteiger partial charge is 0.348 e. The van der Waals surface area contributed by atoms with Crippen molar-refractivity contribution in [2.24, 2.45) is 0 Å². The van der Waals surface area contributed by atoms with E-state index in [1.807, 2.05) is 61.5 Å². The second-order valence-electron chi connectivity index (χ2n) is 7.49. The normalized spacial score (nSPS) is 11.7. The average molecular weight is 513 g/mol. The lowest BCUT2D eigenvalue weighted by Gasteiger charge is -2.21. The molecule has 1 atom stereocenters. The van der Waals surface area contributed by atoms with Crippen molar-refractivity contribution >= 4 is 52.0 Å². The highest BCUT2D eigenvalue weighted by Gasteiger charge is 2.27. The van der Waals surface area contributed by atoms with Gasteiger partial charge in [-0.25, -0.2) is 8.51 Å². The van der Waals surface area contributed by atoms with Gasteiger partial charge < -0.3 is 5.32 Å². The molecule has 0 spiro atoms. The summed E-state index contributed by atoms with van der Waals surface area (Å²) in [5.74, 6) is -0.205. The van der Waals surface area contributed by atoms with E-state index < -0.39 is 17.2 Å². The number of aromatic nitrogens is 2. The molecule has 0 bridgehead atoms. The molecule has 0 fully saturated rings. The lowest BCUT2D eigenvalue weighted by atomic mass is 10.1. The third-order valence-corrected chi connectivity index (χ3v) is 6.70. The predicted molar refractivity (Wildman–Crippen MR) is 136 cm³/mol. The van der Waals surface area contributed by atoms with Crippen LogP contribution in [0, 0.1) is 6.92 Å². The number of halogens is 1. The number of nitrogens with zero attached hydrogens (tertiary/aromatic N) is 3. The highest BCUT2D eigenvalue weighted by atomic mass is 35.5. The number of anilines is 2. The lowest BCUT2D eigenvalue weighted by Crippen LogP contribution is -2.28. The zero-order valence-electron chi connectivity index (χ0n) is 18.1. The van der Waals surface area contributed by atoms with Crippen molar-refractivity contribution < 1.29 is 13.6 Å². The van der Waals surface area contributed by atoms with E-state index in [2.05, 4.69) is 14.1 Å². The summed E-state index contributed by atoms with van der Waals surface area (Å²) in [7, 11) is 0. The first-order chi connectivity index (χ1) is 16.4. The number of aryl methyl sites for hydroxylation is 1. The van der Waals surface area contributed by atoms with Crippen LogP contribution in [-0.2, 0) is 24.2 Å². The first-order valence-electron chi connectivity index (χ1n) is 10.3. The maximum Gasteiger partial charge on any atom is 0.268 e. The molecule has 34 heavy (non-hydrogen) atoms. The minimum Gasteiger partial charge on any atom is -0.348 e. The standard InChI is InChI=1S/C24H21ClN4O3S2/c1-16-7-5-6-10-18(16)15-26-24(30)20-12-11-19(25)14-22(20)29(34(31)32)23-21(27-33-28-23)13-17-8-3-2-4-9-17/h2-12,14H,13,15H2,1H3,(H,26,30)(H,31,32). The van der Waals surface area contributed by atoms with Crippen molar-refractivity contribution in [1.82, 2.24) is 14.1 Å². The van der Waals surface area contributed by atoms with Crippen LogP contribution in [0.15, 0.2) is 72.8 Å². The van der Waals surface area contributed by atoms with Crippen molar-refractivity contribution in [3.05, 3.63) is 106 Å². The molecule has 1 heterocycles. The summed E-state index contributed by atoms with van der Waals surface area (Å²) in [6, 6.07) is 21.9. The van der Waals surface area contributed by atoms with Gasteiger partial charge in [-0.2, -0.15) is 8.75 Å². The summed E-state index contributed by atoms with van der Waals surface area (Å²) in [6.07, 6.45) is 0.412. The first kappa shape index (κ1) is 24.0. The average Bonchev–Trinajstić information content (AvgIpc) is 3.26. The van der Waals surface area contributed by atoms with Crippen molar-refractivity contribution in [3.8, 4) is 0 Å². The second-order valence-corrected chi connectivity index (χ2v) is 9.28. The second kappa shape index (κ2) is 10.9. The number of hydrogen-bond donors (Lipinski definition) is 2. The van der Waals surface area contributed by atoms with Crippen molar-refractivity contribution in [2.75, 3.05) is 4.31 Å². The molecule has 0 saturated heterocycles. The zero-order valence-corrected chi connectivity index (χ0v) is 20.5. The van der Waals surface area contributed by atoms with Gasteiger partial charge in [0.1, 0.15) is 5.69 Å². The number of carbonyl (C=O) groups excluding carboxylic acids is 1. The van der Waals surface area contributed by atoms with Crippen LogP contribution in [0.4, 0.5) is 11.5 Å². The molecule has 4 rings (SSSR count). The molecule has 7 nitrogen and oxygen atoms in total. The number of carbonyl (C=O) groups is 1. The van der Waals surface area contributed by atoms with Crippen LogP contribution in [0.3, 0.4) is 0 Å². The Morgan fingerprint density at radius 3 is 2.56 bits per heavy atom. The molecule has 1 unspecified atom stereocenters. The summed E-state index contributed by atoms with van der Waals surface area (Å²) in [6.45, 7) is 2.28. The molecule has 1 aromatic heterocycles. The molecule has 0 aliphatic heterocycles. The molecule has 4 aromatic rings. The monoisotopic (exact) mass is 512 g/mol. The Morgan fingerprint density at radius 1 is 1.09 bits per heavy atom. The van der Waals surface area contributed by atoms with Crippen LogP contribution in [-0.4, -0.2) is 23.4 Å². The predicted octanol–water partition coefficient (Wildman–Crippen LogP) is 5.30. The van der Waals surface area contributed by atoms with Gasteiger partial charge >= 0.3 is 0 Å². The third-order valence-electron chi connectivity index (χ3n) is 5.22. The van der Waals surface area contributed by atoms with Gasteiger partial charge in [0.15, 0.2) is 5.82 Å². The van der Waals surface area contributed by atoms with Crippen LogP contribution >= 0.6 is 23.3 Å². The van der Waals surface area contributed by atoms with E-state index in [1.165, 1.54) is 12.1 Å². The fraction of sp³-hybridized carbons (Fsp3) is 0.125. The minimum absolute atomic E-state index is 0.164. The molecular weight excluding hydrogens is 492 g/mol. The van der Waals surface area contributed by atoms with Gasteiger partial charge in [0.2, 0.25) is 0 Å². The smallest absolute Gasteiger partial charge is 0.268 e. The maximum atomic E-state index is 13.1. The lowest BCUT2D eigenvalue weighted by molar-refractivity contribution is 0.0951. The van der Waals surface area contributed by atoms with E-state index in [4.69, 9.17) is 11.6 Å². The molecule has 10 heteroatoms. The summed E-state index contributed by atoms with van der Waals surface area (Å²) < 4.78 is 32.4. The number of nitrogens with one attached hydrogen (secondary N) is 1. The van der Waals surface area contributed by atoms with Crippen LogP contribution < -0.4 is 9.62 Å². The van der Waals surface area contributed by atoms with Gasteiger partial charge in [-0.15, -0.1) is 0 Å². The fourth-order valence-corrected chi connectivity index (χ4v) is 4.85. The molecule has 0 radical (unpaired) electrons. The number of amides is 1. The SMILES string of the molecule is Cc1ccccc1CNC(=O)c1ccc(Cl)cc1N(c1nsnc1Cc1ccccc1)S(=O)O. The van der Waals surface area contributed by atoms with Gasteiger partial charge in [-0.05, 0) is 41.8 Å². The molecule has 174 valence electrons. The Bertz CT molecular complexity index is 1330. The van der Waals surface area contributed by atoms with Gasteiger partial charge in [-0.3, -0.25) is 9.35 Å². The number of hydrogen-bond acceptors (Lipinski definition) is 5. The van der Waals surface area contributed by atoms with E-state index in [-0.39, 0.29) is 17.1 Å². The van der Waals surface area contributed by atoms with Gasteiger partial charge in [-0.1, -0.05) is 66.2 Å². The molecule has 2 N–H and O–H groups in total. The van der Waals surface area contributed by atoms with Crippen LogP contribution in [0.1, 0.15) is 32.7 Å². The number of benzene rings is 3. The van der Waals surface area contributed by atoms with Crippen LogP contribution in [0.25, 0.3) is 0 Å². The van der Waals surface area contributed by atoms with Crippen LogP contribution in [0.5, 0.6) is 0 Å². The highest BCUT2D eigenvalue weighted by molar-refractivity contribution is 7.81. The molecule has 0 aliphatic carbocycles. The van der Waals surface area contributed by atoms with Crippen molar-refractivity contribution in [2.45, 2.75) is 19.9 Å². The summed E-state index contributed by atoms with van der Waals surface area (Å²) in [5, 5.41) is 3.20. The van der Waals surface area contributed by atoms with Gasteiger partial charge in [0.25, 0.3) is 17.2 Å². The van der Waals surface area contributed by atoms with E-state index in [0.717, 1.165) is 32.7 Å². The maximum absolute atomic E-state index is 13.1. The van der Waals surface area contributed by atoms with Gasteiger partial charge in [0.05, 0.1) is 23.0 Å². The Morgan fingerprint density at radius 2 is 1.82 bits per heavy atom. The summed E-state index contributed by atoms with van der Waals surface area (Å²) >= 11 is 4.62. The Hall–Kier alpha value is -3.11. The minimum atomic E-state index is -2.53. The van der Waals surface area contributed by atoms with Gasteiger partial charge in [0, 0.05) is 18.0 Å². The molecule has 1 amide bonds. The van der Waals surface area contributed by atoms with E-state index in [1.54, 1.807) is 6.07 Å². The highest BCUT2D eigenvalue weighted by Crippen LogP contribution is 2.34. The van der Waals surface area contributed by atoms with Crippen molar-refractivity contribution in [3.63, 3.8) is 0 Å². The van der Waals surface area contributed by atoms with E-state index >= 15 is 0 Å². The summed E-state index contributed by atoms with van der Waals surface area (Å²) in [5.41, 5.74) is 3.88. The number of rotatable bonds is 8. The van der Waals surface area contributed by atoms with Crippen LogP contribution in [0.2, 0.25) is 5.02 Å². The molecule has 0 aliphatic rings. The fourth-order valence-electron chi connectivity index (χ4n) is 3.47. The first-order valence-corrected chi connectivity index (χ1v) is 12.5. The Balaban J connectivity index is 1.68. The Labute approximate surface area is 209 Å².